The molecular formula is C20H14N4O2. The zero-order valence-corrected chi connectivity index (χ0v) is 13.7. The first-order valence-electron chi connectivity index (χ1n) is 8.03. The third-order valence-electron chi connectivity index (χ3n) is 3.97. The molecule has 0 spiro atoms. The number of fused-ring (bicyclic) bond motifs is 1. The minimum atomic E-state index is -0.416. The summed E-state index contributed by atoms with van der Waals surface area (Å²) in [6.45, 7) is 0. The van der Waals surface area contributed by atoms with Crippen molar-refractivity contribution in [1.82, 2.24) is 9.38 Å². The number of benzene rings is 2. The molecular weight excluding hydrogens is 328 g/mol. The molecule has 2 aromatic heterocycles. The number of aromatic nitrogens is 2. The Hall–Kier alpha value is -3.80. The second-order valence-electron chi connectivity index (χ2n) is 5.69. The van der Waals surface area contributed by atoms with E-state index in [1.807, 2.05) is 59.1 Å². The molecule has 4 rings (SSSR count). The summed E-state index contributed by atoms with van der Waals surface area (Å²) < 4.78 is 1.90. The van der Waals surface area contributed by atoms with Gasteiger partial charge in [-0.15, -0.1) is 0 Å². The average molecular weight is 342 g/mol. The standard InChI is InChI=1S/C20H14N4O2/c25-24(26)17-10-6-7-15(13-17)14-21-20-19(16-8-2-1-3-9-16)22-18-11-4-5-12-23(18)20/h1-14H. The van der Waals surface area contributed by atoms with E-state index in [-0.39, 0.29) is 5.69 Å². The number of nitro groups is 1. The van der Waals surface area contributed by atoms with E-state index in [9.17, 15) is 10.1 Å². The van der Waals surface area contributed by atoms with Gasteiger partial charge in [-0.25, -0.2) is 9.98 Å². The van der Waals surface area contributed by atoms with E-state index in [0.717, 1.165) is 16.9 Å². The molecule has 2 aromatic carbocycles. The van der Waals surface area contributed by atoms with Crippen molar-refractivity contribution >= 4 is 23.4 Å². The van der Waals surface area contributed by atoms with Gasteiger partial charge in [0, 0.05) is 30.1 Å². The number of hydrogen-bond acceptors (Lipinski definition) is 4. The normalized spacial score (nSPS) is 11.2. The smallest absolute Gasteiger partial charge is 0.270 e. The number of nitrogens with zero attached hydrogens (tertiary/aromatic N) is 4. The molecule has 0 aliphatic carbocycles. The zero-order valence-electron chi connectivity index (χ0n) is 13.7. The number of hydrogen-bond donors (Lipinski definition) is 0. The molecule has 0 amide bonds. The van der Waals surface area contributed by atoms with E-state index < -0.39 is 4.92 Å². The number of non-ortho nitro benzene ring substituents is 1. The molecule has 126 valence electrons. The van der Waals surface area contributed by atoms with Crippen LogP contribution in [0.3, 0.4) is 0 Å². The van der Waals surface area contributed by atoms with Gasteiger partial charge in [0.15, 0.2) is 5.82 Å². The summed E-state index contributed by atoms with van der Waals surface area (Å²) in [7, 11) is 0. The molecule has 26 heavy (non-hydrogen) atoms. The monoisotopic (exact) mass is 342 g/mol. The fourth-order valence-electron chi connectivity index (χ4n) is 2.75. The summed E-state index contributed by atoms with van der Waals surface area (Å²) in [6, 6.07) is 21.9. The Morgan fingerprint density at radius 2 is 1.81 bits per heavy atom. The van der Waals surface area contributed by atoms with Crippen LogP contribution in [0, 0.1) is 10.1 Å². The summed E-state index contributed by atoms with van der Waals surface area (Å²) in [6.07, 6.45) is 3.52. The lowest BCUT2D eigenvalue weighted by Gasteiger charge is -2.00. The molecule has 0 aliphatic rings. The Labute approximate surface area is 149 Å². The molecule has 6 heteroatoms. The molecule has 4 aromatic rings. The predicted molar refractivity (Wildman–Crippen MR) is 101 cm³/mol. The Morgan fingerprint density at radius 3 is 2.62 bits per heavy atom. The number of imidazole rings is 1. The number of aliphatic imine (C=N–C) groups is 1. The first-order valence-corrected chi connectivity index (χ1v) is 8.03. The first kappa shape index (κ1) is 15.7. The molecule has 0 fully saturated rings. The van der Waals surface area contributed by atoms with Gasteiger partial charge in [-0.3, -0.25) is 14.5 Å². The molecule has 0 atom stereocenters. The predicted octanol–water partition coefficient (Wildman–Crippen LogP) is 4.66. The lowest BCUT2D eigenvalue weighted by molar-refractivity contribution is -0.384. The molecule has 2 heterocycles. The molecule has 0 unspecified atom stereocenters. The van der Waals surface area contributed by atoms with E-state index in [0.29, 0.717) is 11.4 Å². The second-order valence-corrected chi connectivity index (χ2v) is 5.69. The Morgan fingerprint density at radius 1 is 1.00 bits per heavy atom. The Kier molecular flexibility index (Phi) is 3.99. The topological polar surface area (TPSA) is 72.8 Å². The fraction of sp³-hybridized carbons (Fsp3) is 0. The van der Waals surface area contributed by atoms with Crippen LogP contribution < -0.4 is 0 Å². The van der Waals surface area contributed by atoms with Crippen molar-refractivity contribution in [2.75, 3.05) is 0 Å². The highest BCUT2D eigenvalue weighted by Gasteiger charge is 2.12. The van der Waals surface area contributed by atoms with Gasteiger partial charge in [0.05, 0.1) is 4.92 Å². The summed E-state index contributed by atoms with van der Waals surface area (Å²) in [5.41, 5.74) is 3.21. The van der Waals surface area contributed by atoms with Gasteiger partial charge in [-0.05, 0) is 17.7 Å². The maximum atomic E-state index is 10.9. The largest absolute Gasteiger partial charge is 0.284 e. The van der Waals surface area contributed by atoms with Crippen molar-refractivity contribution in [3.63, 3.8) is 0 Å². The van der Waals surface area contributed by atoms with Crippen LogP contribution in [-0.4, -0.2) is 20.5 Å². The van der Waals surface area contributed by atoms with E-state index in [1.54, 1.807) is 18.3 Å². The summed E-state index contributed by atoms with van der Waals surface area (Å²) in [5.74, 6) is 0.679. The van der Waals surface area contributed by atoms with Crippen molar-refractivity contribution in [1.29, 1.82) is 0 Å². The van der Waals surface area contributed by atoms with Crippen LogP contribution in [0.25, 0.3) is 16.9 Å². The van der Waals surface area contributed by atoms with Gasteiger partial charge in [0.2, 0.25) is 0 Å². The SMILES string of the molecule is O=[N+]([O-])c1cccc(C=Nc2c(-c3ccccc3)nc3ccccn23)c1. The highest BCUT2D eigenvalue weighted by atomic mass is 16.6. The number of rotatable bonds is 4. The summed E-state index contributed by atoms with van der Waals surface area (Å²) in [4.78, 5) is 19.8. The van der Waals surface area contributed by atoms with Gasteiger partial charge in [-0.2, -0.15) is 0 Å². The minimum absolute atomic E-state index is 0.0374. The Bertz CT molecular complexity index is 1120. The third-order valence-corrected chi connectivity index (χ3v) is 3.97. The molecule has 0 saturated heterocycles. The van der Waals surface area contributed by atoms with Crippen LogP contribution in [-0.2, 0) is 0 Å². The van der Waals surface area contributed by atoms with Crippen LogP contribution in [0.1, 0.15) is 5.56 Å². The fourth-order valence-corrected chi connectivity index (χ4v) is 2.75. The van der Waals surface area contributed by atoms with Crippen LogP contribution in [0.15, 0.2) is 84.0 Å². The highest BCUT2D eigenvalue weighted by molar-refractivity contribution is 5.85. The highest BCUT2D eigenvalue weighted by Crippen LogP contribution is 2.30. The van der Waals surface area contributed by atoms with Crippen LogP contribution >= 0.6 is 0 Å². The van der Waals surface area contributed by atoms with Crippen LogP contribution in [0.5, 0.6) is 0 Å². The molecule has 0 bridgehead atoms. The molecule has 0 aliphatic heterocycles. The Balaban J connectivity index is 1.83. The molecule has 6 nitrogen and oxygen atoms in total. The van der Waals surface area contributed by atoms with Gasteiger partial charge in [0.25, 0.3) is 5.69 Å². The molecule has 0 radical (unpaired) electrons. The lowest BCUT2D eigenvalue weighted by Crippen LogP contribution is -1.90. The number of nitro benzene ring substituents is 1. The minimum Gasteiger partial charge on any atom is -0.284 e. The summed E-state index contributed by atoms with van der Waals surface area (Å²) >= 11 is 0. The van der Waals surface area contributed by atoms with Crippen molar-refractivity contribution < 1.29 is 4.92 Å². The van der Waals surface area contributed by atoms with Crippen molar-refractivity contribution in [2.45, 2.75) is 0 Å². The van der Waals surface area contributed by atoms with Gasteiger partial charge in [0.1, 0.15) is 11.3 Å². The van der Waals surface area contributed by atoms with Crippen LogP contribution in [0.4, 0.5) is 11.5 Å². The second kappa shape index (κ2) is 6.60. The zero-order chi connectivity index (χ0) is 17.9. The van der Waals surface area contributed by atoms with Crippen LogP contribution in [0.2, 0.25) is 0 Å². The quantitative estimate of drug-likeness (QED) is 0.307. The lowest BCUT2D eigenvalue weighted by atomic mass is 10.1. The van der Waals surface area contributed by atoms with E-state index in [2.05, 4.69) is 9.98 Å². The van der Waals surface area contributed by atoms with Gasteiger partial charge < -0.3 is 0 Å². The molecule has 0 saturated carbocycles. The number of pyridine rings is 1. The summed E-state index contributed by atoms with van der Waals surface area (Å²) in [5, 5.41) is 10.9. The first-order chi connectivity index (χ1) is 12.7. The molecule has 0 N–H and O–H groups in total. The van der Waals surface area contributed by atoms with Gasteiger partial charge >= 0.3 is 0 Å². The average Bonchev–Trinajstić information content (AvgIpc) is 3.06. The van der Waals surface area contributed by atoms with E-state index >= 15 is 0 Å². The third kappa shape index (κ3) is 2.95. The van der Waals surface area contributed by atoms with Crippen molar-refractivity contribution in [3.8, 4) is 11.3 Å². The maximum Gasteiger partial charge on any atom is 0.270 e. The van der Waals surface area contributed by atoms with E-state index in [1.165, 1.54) is 12.1 Å². The van der Waals surface area contributed by atoms with E-state index in [4.69, 9.17) is 0 Å². The van der Waals surface area contributed by atoms with Gasteiger partial charge in [-0.1, -0.05) is 48.5 Å². The van der Waals surface area contributed by atoms with Crippen molar-refractivity contribution in [3.05, 3.63) is 94.7 Å². The van der Waals surface area contributed by atoms with Crippen molar-refractivity contribution in [2.24, 2.45) is 4.99 Å². The maximum absolute atomic E-state index is 10.9.